The second kappa shape index (κ2) is 17.1. The summed E-state index contributed by atoms with van der Waals surface area (Å²) < 4.78 is 42.5. The van der Waals surface area contributed by atoms with Gasteiger partial charge < -0.3 is 78.8 Å². The van der Waals surface area contributed by atoms with Crippen molar-refractivity contribution in [1.29, 1.82) is 0 Å². The van der Waals surface area contributed by atoms with E-state index < -0.39 is 115 Å². The summed E-state index contributed by atoms with van der Waals surface area (Å²) in [7, 11) is 0. The van der Waals surface area contributed by atoms with E-state index in [4.69, 9.17) is 33.2 Å². The smallest absolute Gasteiger partial charge is 0.339 e. The second-order valence-corrected chi connectivity index (χ2v) is 21.7. The highest BCUT2D eigenvalue weighted by molar-refractivity contribution is 5.82. The van der Waals surface area contributed by atoms with Gasteiger partial charge in [-0.3, -0.25) is 0 Å². The molecule has 8 fully saturated rings. The minimum absolute atomic E-state index is 0.0319. The third-order valence-corrected chi connectivity index (χ3v) is 18.0. The Morgan fingerprint density at radius 1 is 0.683 bits per heavy atom. The average Bonchev–Trinajstić information content (AvgIpc) is 3.73. The molecule has 0 amide bonds. The molecule has 0 radical (unpaired) electrons. The number of aliphatic hydroxyl groups is 8. The van der Waals surface area contributed by atoms with Crippen molar-refractivity contribution < 1.29 is 83.6 Å². The molecule has 23 atom stereocenters. The summed E-state index contributed by atoms with van der Waals surface area (Å²) >= 11 is 0. The molecule has 4 saturated carbocycles. The fourth-order valence-electron chi connectivity index (χ4n) is 14.4. The predicted molar refractivity (Wildman–Crippen MR) is 219 cm³/mol. The number of carbonyl (C=O) groups is 2. The number of ether oxygens (including phenoxy) is 7. The fourth-order valence-corrected chi connectivity index (χ4v) is 14.4. The number of allylic oxidation sites excluding steroid dienone is 1. The van der Waals surface area contributed by atoms with Crippen LogP contribution in [0.5, 0.6) is 0 Å². The van der Waals surface area contributed by atoms with Gasteiger partial charge in [0.25, 0.3) is 0 Å². The highest BCUT2D eigenvalue weighted by Crippen LogP contribution is 2.76. The number of aliphatic hydroxyl groups excluding tert-OH is 7. The molecule has 4 aliphatic carbocycles. The Hall–Kier alpha value is -1.68. The third kappa shape index (κ3) is 7.60. The first-order chi connectivity index (χ1) is 29.5. The Balaban J connectivity index is 1.04. The van der Waals surface area contributed by atoms with Gasteiger partial charge in [0.1, 0.15) is 67.3 Å². The van der Waals surface area contributed by atoms with E-state index in [1.54, 1.807) is 0 Å². The van der Waals surface area contributed by atoms with E-state index in [9.17, 15) is 50.4 Å². The molecule has 4 aliphatic heterocycles. The zero-order valence-corrected chi connectivity index (χ0v) is 37.7. The molecule has 23 unspecified atom stereocenters. The zero-order chi connectivity index (χ0) is 45.8. The Bertz CT molecular complexity index is 1720. The molecule has 4 heterocycles. The van der Waals surface area contributed by atoms with E-state index in [1.807, 2.05) is 19.9 Å². The molecule has 0 aromatic rings. The number of fused-ring (bicyclic) bond motifs is 5. The molecular formula is C46H72O17. The van der Waals surface area contributed by atoms with E-state index in [2.05, 4.69) is 27.7 Å². The lowest BCUT2D eigenvalue weighted by molar-refractivity contribution is -0.383. The maximum atomic E-state index is 13.9. The van der Waals surface area contributed by atoms with Crippen molar-refractivity contribution in [2.45, 2.75) is 204 Å². The number of cyclic esters (lactones) is 1. The van der Waals surface area contributed by atoms with Gasteiger partial charge in [-0.15, -0.1) is 0 Å². The van der Waals surface area contributed by atoms with Gasteiger partial charge in [0.15, 0.2) is 24.5 Å². The summed E-state index contributed by atoms with van der Waals surface area (Å²) in [6.45, 7) is 13.6. The van der Waals surface area contributed by atoms with Gasteiger partial charge in [0.05, 0.1) is 25.4 Å². The van der Waals surface area contributed by atoms with Crippen LogP contribution in [-0.2, 0) is 42.7 Å². The van der Waals surface area contributed by atoms with Crippen LogP contribution >= 0.6 is 0 Å². The first-order valence-corrected chi connectivity index (χ1v) is 23.2. The van der Waals surface area contributed by atoms with Gasteiger partial charge in [-0.2, -0.15) is 0 Å². The van der Waals surface area contributed by atoms with Gasteiger partial charge in [-0.25, -0.2) is 4.79 Å². The van der Waals surface area contributed by atoms with Gasteiger partial charge in [-0.1, -0.05) is 33.3 Å². The number of hydrogen-bond donors (Lipinski definition) is 8. The van der Waals surface area contributed by atoms with Gasteiger partial charge in [0, 0.05) is 17.8 Å². The summed E-state index contributed by atoms with van der Waals surface area (Å²) in [5.41, 5.74) is -2.36. The molecule has 8 aliphatic rings. The molecule has 8 rings (SSSR count). The number of carbonyl (C=O) groups excluding carboxylic acids is 2. The normalized spacial score (nSPS) is 54.3. The lowest BCUT2D eigenvalue weighted by Crippen LogP contribution is -2.67. The minimum atomic E-state index is -1.73. The number of rotatable bonds is 9. The zero-order valence-electron chi connectivity index (χ0n) is 37.7. The lowest BCUT2D eigenvalue weighted by Gasteiger charge is -2.69. The number of aldehydes is 1. The predicted octanol–water partition coefficient (Wildman–Crippen LogP) is 1.00. The minimum Gasteiger partial charge on any atom is -0.456 e. The van der Waals surface area contributed by atoms with Crippen molar-refractivity contribution in [3.05, 3.63) is 11.6 Å². The molecule has 4 saturated heterocycles. The first-order valence-electron chi connectivity index (χ1n) is 23.2. The lowest BCUT2D eigenvalue weighted by atomic mass is 9.35. The van der Waals surface area contributed by atoms with Crippen LogP contribution in [-0.4, -0.2) is 164 Å². The van der Waals surface area contributed by atoms with Crippen LogP contribution in [0.25, 0.3) is 0 Å². The average molecular weight is 897 g/mol. The standard InChI is InChI=1S/C46H72O17/c1-21(2)16-23-17-46(56,41(55)60-23)25-10-13-43(6)24(25)8-9-29-44(43,7)14-11-28-42(4,5)30(12-15-45(28,29)20-47)61-40-37(63-39-35(54)33(52)31(50)22(3)59-39)36(27(49)19-58-40)62-38-34(53)32(51)26(48)18-57-38/h16,20,22-40,48-54,56H,8-15,17-19H2,1-7H3. The molecule has 358 valence electrons. The van der Waals surface area contributed by atoms with Crippen LogP contribution in [0, 0.1) is 45.3 Å². The molecule has 0 aromatic carbocycles. The summed E-state index contributed by atoms with van der Waals surface area (Å²) in [6, 6.07) is 0. The maximum absolute atomic E-state index is 13.9. The van der Waals surface area contributed by atoms with E-state index in [0.717, 1.165) is 37.7 Å². The third-order valence-electron chi connectivity index (χ3n) is 18.0. The SMILES string of the molecule is CC(C)=CC1CC(O)(C2CCC3(C)C2CCC2C4(C=O)CCC(OC5OCC(O)C(OC6OCC(O)C(O)C6O)C5OC5OC(C)C(O)C(O)C5O)C(C)(C)C4CCC23C)C(=O)O1. The molecule has 8 N–H and O–H groups in total. The number of hydrogen-bond acceptors (Lipinski definition) is 17. The van der Waals surface area contributed by atoms with Crippen LogP contribution in [0.2, 0.25) is 0 Å². The van der Waals surface area contributed by atoms with Crippen LogP contribution in [0.4, 0.5) is 0 Å². The first kappa shape index (κ1) is 47.8. The van der Waals surface area contributed by atoms with Crippen LogP contribution in [0.3, 0.4) is 0 Å². The van der Waals surface area contributed by atoms with Gasteiger partial charge >= 0.3 is 5.97 Å². The molecule has 17 heteroatoms. The van der Waals surface area contributed by atoms with E-state index >= 15 is 0 Å². The summed E-state index contributed by atoms with van der Waals surface area (Å²) in [6.07, 6.45) is -11.0. The van der Waals surface area contributed by atoms with Crippen molar-refractivity contribution in [1.82, 2.24) is 0 Å². The summed E-state index contributed by atoms with van der Waals surface area (Å²) in [5, 5.41) is 86.7. The Morgan fingerprint density at radius 2 is 1.33 bits per heavy atom. The monoisotopic (exact) mass is 896 g/mol. The molecule has 0 bridgehead atoms. The van der Waals surface area contributed by atoms with Gasteiger partial charge in [-0.05, 0) is 112 Å². The van der Waals surface area contributed by atoms with Crippen LogP contribution < -0.4 is 0 Å². The summed E-state index contributed by atoms with van der Waals surface area (Å²) in [4.78, 5) is 27.3. The van der Waals surface area contributed by atoms with Crippen molar-refractivity contribution in [2.24, 2.45) is 45.3 Å². The fraction of sp³-hybridized carbons (Fsp3) is 0.913. The Morgan fingerprint density at radius 3 is 2.03 bits per heavy atom. The summed E-state index contributed by atoms with van der Waals surface area (Å²) in [5.74, 6) is -0.783. The largest absolute Gasteiger partial charge is 0.456 e. The quantitative estimate of drug-likeness (QED) is 0.0695. The van der Waals surface area contributed by atoms with Crippen molar-refractivity contribution >= 4 is 12.3 Å². The van der Waals surface area contributed by atoms with E-state index in [1.165, 1.54) is 13.2 Å². The second-order valence-electron chi connectivity index (χ2n) is 21.7. The molecule has 17 nitrogen and oxygen atoms in total. The van der Waals surface area contributed by atoms with E-state index in [0.29, 0.717) is 19.3 Å². The van der Waals surface area contributed by atoms with Gasteiger partial charge in [0.2, 0.25) is 0 Å². The van der Waals surface area contributed by atoms with E-state index in [-0.39, 0.29) is 54.1 Å². The van der Waals surface area contributed by atoms with Crippen molar-refractivity contribution in [2.75, 3.05) is 13.2 Å². The topological polar surface area (TPSA) is 261 Å². The number of esters is 1. The van der Waals surface area contributed by atoms with Crippen molar-refractivity contribution in [3.63, 3.8) is 0 Å². The molecular weight excluding hydrogens is 824 g/mol. The molecule has 0 aromatic heterocycles. The van der Waals surface area contributed by atoms with Crippen LogP contribution in [0.1, 0.15) is 106 Å². The van der Waals surface area contributed by atoms with Crippen molar-refractivity contribution in [3.8, 4) is 0 Å². The highest BCUT2D eigenvalue weighted by Gasteiger charge is 2.72. The maximum Gasteiger partial charge on any atom is 0.339 e. The molecule has 0 spiro atoms. The Labute approximate surface area is 369 Å². The highest BCUT2D eigenvalue weighted by atomic mass is 16.8. The Kier molecular flexibility index (Phi) is 13.0. The van der Waals surface area contributed by atoms with Crippen LogP contribution in [0.15, 0.2) is 11.6 Å². The molecule has 63 heavy (non-hydrogen) atoms.